The van der Waals surface area contributed by atoms with Crippen LogP contribution in [0.3, 0.4) is 0 Å². The summed E-state index contributed by atoms with van der Waals surface area (Å²) in [6.45, 7) is 5.13. The van der Waals surface area contributed by atoms with Crippen molar-refractivity contribution < 1.29 is 9.26 Å². The quantitative estimate of drug-likeness (QED) is 0.536. The molecule has 5 rings (SSSR count). The van der Waals surface area contributed by atoms with Crippen molar-refractivity contribution >= 4 is 11.3 Å². The third-order valence-electron chi connectivity index (χ3n) is 4.64. The van der Waals surface area contributed by atoms with E-state index in [9.17, 15) is 0 Å². The number of ether oxygens (including phenoxy) is 1. The Hall–Kier alpha value is -2.84. The van der Waals surface area contributed by atoms with Crippen molar-refractivity contribution in [1.82, 2.24) is 25.1 Å². The number of fused-ring (bicyclic) bond motifs is 1. The molecule has 0 saturated heterocycles. The van der Waals surface area contributed by atoms with Gasteiger partial charge in [-0.15, -0.1) is 16.4 Å². The fourth-order valence-corrected chi connectivity index (χ4v) is 3.93. The molecule has 0 N–H and O–H groups in total. The predicted octanol–water partition coefficient (Wildman–Crippen LogP) is 3.94. The van der Waals surface area contributed by atoms with E-state index in [1.54, 1.807) is 11.3 Å². The molecule has 0 spiro atoms. The molecule has 0 unspecified atom stereocenters. The van der Waals surface area contributed by atoms with Crippen LogP contribution in [-0.2, 0) is 17.9 Å². The van der Waals surface area contributed by atoms with Crippen LogP contribution in [0, 0.1) is 13.8 Å². The molecule has 0 aliphatic carbocycles. The molecule has 3 aromatic heterocycles. The molecule has 8 heteroatoms. The number of thiophene rings is 1. The Kier molecular flexibility index (Phi) is 3.87. The highest BCUT2D eigenvalue weighted by atomic mass is 32.1. The number of hydrogen-bond donors (Lipinski definition) is 0. The van der Waals surface area contributed by atoms with E-state index in [-0.39, 0.29) is 6.10 Å². The molecule has 0 radical (unpaired) electrons. The third-order valence-corrected chi connectivity index (χ3v) is 5.62. The SMILES string of the molecule is Cc1ccc([C@@H]2Cn3nnc(-c4noc(-c5ccc(C)s5)n4)c3CO2)cc1. The zero-order valence-corrected chi connectivity index (χ0v) is 15.7. The molecular weight excluding hydrogens is 362 g/mol. The summed E-state index contributed by atoms with van der Waals surface area (Å²) in [6.07, 6.45) is -0.0393. The molecule has 0 bridgehead atoms. The Bertz CT molecular complexity index is 1100. The van der Waals surface area contributed by atoms with Gasteiger partial charge in [-0.05, 0) is 31.5 Å². The van der Waals surface area contributed by atoms with Crippen LogP contribution in [0.2, 0.25) is 0 Å². The molecule has 7 nitrogen and oxygen atoms in total. The summed E-state index contributed by atoms with van der Waals surface area (Å²) in [4.78, 5) is 6.64. The van der Waals surface area contributed by atoms with Crippen LogP contribution in [0.15, 0.2) is 40.9 Å². The summed E-state index contributed by atoms with van der Waals surface area (Å²) in [5.74, 6) is 0.939. The minimum absolute atomic E-state index is 0.0393. The Balaban J connectivity index is 1.41. The molecule has 0 saturated carbocycles. The minimum atomic E-state index is -0.0393. The van der Waals surface area contributed by atoms with Crippen molar-refractivity contribution in [1.29, 1.82) is 0 Å². The molecule has 4 aromatic rings. The minimum Gasteiger partial charge on any atom is -0.365 e. The number of benzene rings is 1. The second-order valence-electron chi connectivity index (χ2n) is 6.61. The van der Waals surface area contributed by atoms with Crippen LogP contribution in [0.25, 0.3) is 22.3 Å². The highest BCUT2D eigenvalue weighted by Crippen LogP contribution is 2.32. The van der Waals surface area contributed by atoms with Crippen LogP contribution in [0.5, 0.6) is 0 Å². The van der Waals surface area contributed by atoms with E-state index in [1.165, 1.54) is 10.4 Å². The lowest BCUT2D eigenvalue weighted by atomic mass is 10.1. The van der Waals surface area contributed by atoms with Gasteiger partial charge in [-0.1, -0.05) is 40.2 Å². The number of aryl methyl sites for hydroxylation is 2. The van der Waals surface area contributed by atoms with Gasteiger partial charge in [0.25, 0.3) is 5.89 Å². The molecular formula is C19H17N5O2S. The van der Waals surface area contributed by atoms with Gasteiger partial charge in [0.2, 0.25) is 5.82 Å². The summed E-state index contributed by atoms with van der Waals surface area (Å²) in [5, 5.41) is 12.6. The summed E-state index contributed by atoms with van der Waals surface area (Å²) >= 11 is 1.62. The summed E-state index contributed by atoms with van der Waals surface area (Å²) < 4.78 is 13.3. The second kappa shape index (κ2) is 6.40. The van der Waals surface area contributed by atoms with E-state index in [2.05, 4.69) is 51.6 Å². The molecule has 4 heterocycles. The summed E-state index contributed by atoms with van der Waals surface area (Å²) in [5.41, 5.74) is 3.85. The molecule has 27 heavy (non-hydrogen) atoms. The van der Waals surface area contributed by atoms with Gasteiger partial charge in [0, 0.05) is 4.88 Å². The normalized spacial score (nSPS) is 16.4. The highest BCUT2D eigenvalue weighted by molar-refractivity contribution is 7.15. The van der Waals surface area contributed by atoms with E-state index in [4.69, 9.17) is 9.26 Å². The van der Waals surface area contributed by atoms with Gasteiger partial charge < -0.3 is 9.26 Å². The molecule has 1 atom stereocenters. The lowest BCUT2D eigenvalue weighted by Gasteiger charge is -2.24. The van der Waals surface area contributed by atoms with Crippen LogP contribution in [-0.4, -0.2) is 25.1 Å². The molecule has 0 amide bonds. The summed E-state index contributed by atoms with van der Waals surface area (Å²) in [6, 6.07) is 12.4. The molecule has 0 fully saturated rings. The van der Waals surface area contributed by atoms with Crippen molar-refractivity contribution in [2.24, 2.45) is 0 Å². The maximum atomic E-state index is 6.06. The van der Waals surface area contributed by atoms with E-state index in [0.29, 0.717) is 30.6 Å². The number of rotatable bonds is 3. The first kappa shape index (κ1) is 16.3. The van der Waals surface area contributed by atoms with Crippen LogP contribution in [0.4, 0.5) is 0 Å². The van der Waals surface area contributed by atoms with Crippen molar-refractivity contribution in [2.45, 2.75) is 33.1 Å². The number of hydrogen-bond acceptors (Lipinski definition) is 7. The van der Waals surface area contributed by atoms with Crippen molar-refractivity contribution in [3.05, 3.63) is 58.1 Å². The van der Waals surface area contributed by atoms with Gasteiger partial charge in [0.1, 0.15) is 6.10 Å². The average Bonchev–Trinajstić information content (AvgIpc) is 3.40. The monoisotopic (exact) mass is 379 g/mol. The Labute approximate surface area is 159 Å². The van der Waals surface area contributed by atoms with E-state index < -0.39 is 0 Å². The zero-order chi connectivity index (χ0) is 18.4. The maximum absolute atomic E-state index is 6.06. The van der Waals surface area contributed by atoms with Gasteiger partial charge in [-0.3, -0.25) is 0 Å². The molecule has 136 valence electrons. The first-order valence-electron chi connectivity index (χ1n) is 8.69. The van der Waals surface area contributed by atoms with E-state index in [0.717, 1.165) is 16.1 Å². The van der Waals surface area contributed by atoms with Crippen LogP contribution < -0.4 is 0 Å². The van der Waals surface area contributed by atoms with Gasteiger partial charge in [-0.25, -0.2) is 4.68 Å². The standard InChI is InChI=1S/C19H17N5O2S/c1-11-3-6-13(7-4-11)15-9-24-14(10-25-15)17(21-23-24)18-20-19(26-22-18)16-8-5-12(2)27-16/h3-8,15H,9-10H2,1-2H3/t15-/m0/s1. The van der Waals surface area contributed by atoms with Gasteiger partial charge >= 0.3 is 0 Å². The topological polar surface area (TPSA) is 78.9 Å². The molecule has 1 aromatic carbocycles. The largest absolute Gasteiger partial charge is 0.365 e. The van der Waals surface area contributed by atoms with Crippen molar-refractivity contribution in [3.8, 4) is 22.3 Å². The Morgan fingerprint density at radius 1 is 1.11 bits per heavy atom. The van der Waals surface area contributed by atoms with Gasteiger partial charge in [0.05, 0.1) is 23.7 Å². The predicted molar refractivity (Wildman–Crippen MR) is 100 cm³/mol. The Morgan fingerprint density at radius 2 is 1.96 bits per heavy atom. The molecule has 1 aliphatic rings. The zero-order valence-electron chi connectivity index (χ0n) is 14.9. The number of aromatic nitrogens is 5. The Morgan fingerprint density at radius 3 is 2.74 bits per heavy atom. The number of nitrogens with zero attached hydrogens (tertiary/aromatic N) is 5. The fourth-order valence-electron chi connectivity index (χ4n) is 3.14. The summed E-state index contributed by atoms with van der Waals surface area (Å²) in [7, 11) is 0. The van der Waals surface area contributed by atoms with E-state index >= 15 is 0 Å². The first-order chi connectivity index (χ1) is 13.2. The lowest BCUT2D eigenvalue weighted by molar-refractivity contribution is -0.00112. The van der Waals surface area contributed by atoms with Crippen LogP contribution in [0.1, 0.15) is 27.8 Å². The van der Waals surface area contributed by atoms with Crippen molar-refractivity contribution in [2.75, 3.05) is 0 Å². The van der Waals surface area contributed by atoms with E-state index in [1.807, 2.05) is 23.7 Å². The van der Waals surface area contributed by atoms with Gasteiger partial charge in [-0.2, -0.15) is 4.98 Å². The first-order valence-corrected chi connectivity index (χ1v) is 9.50. The van der Waals surface area contributed by atoms with Crippen molar-refractivity contribution in [3.63, 3.8) is 0 Å². The smallest absolute Gasteiger partial charge is 0.268 e. The van der Waals surface area contributed by atoms with Gasteiger partial charge in [0.15, 0.2) is 5.69 Å². The molecule has 1 aliphatic heterocycles. The van der Waals surface area contributed by atoms with Crippen LogP contribution >= 0.6 is 11.3 Å². The maximum Gasteiger partial charge on any atom is 0.268 e. The second-order valence-corrected chi connectivity index (χ2v) is 7.90. The lowest BCUT2D eigenvalue weighted by Crippen LogP contribution is -2.22. The highest BCUT2D eigenvalue weighted by Gasteiger charge is 2.27. The fraction of sp³-hybridized carbons (Fsp3) is 0.263. The average molecular weight is 379 g/mol. The third kappa shape index (κ3) is 2.96.